The zero-order valence-corrected chi connectivity index (χ0v) is 19.3. The Morgan fingerprint density at radius 2 is 1.84 bits per heavy atom. The molecule has 1 aliphatic carbocycles. The number of alkyl halides is 3. The number of hydrogen-bond donors (Lipinski definition) is 2. The van der Waals surface area contributed by atoms with Gasteiger partial charge in [0.15, 0.2) is 11.3 Å². The van der Waals surface area contributed by atoms with E-state index in [1.54, 1.807) is 6.92 Å². The van der Waals surface area contributed by atoms with E-state index in [0.29, 0.717) is 18.4 Å². The van der Waals surface area contributed by atoms with E-state index in [0.717, 1.165) is 12.1 Å². The van der Waals surface area contributed by atoms with Gasteiger partial charge in [0.1, 0.15) is 17.3 Å². The number of carbonyl (C=O) groups excluding carboxylic acids is 2. The van der Waals surface area contributed by atoms with Crippen LogP contribution in [0.2, 0.25) is 0 Å². The molecule has 0 aliphatic heterocycles. The van der Waals surface area contributed by atoms with Crippen molar-refractivity contribution in [2.24, 2.45) is 5.73 Å². The lowest BCUT2D eigenvalue weighted by Gasteiger charge is -2.19. The number of rotatable bonds is 6. The second-order valence-electron chi connectivity index (χ2n) is 8.78. The first-order valence-corrected chi connectivity index (χ1v) is 11.2. The minimum absolute atomic E-state index is 0.0378. The number of halogens is 4. The molecule has 1 aliphatic rings. The summed E-state index contributed by atoms with van der Waals surface area (Å²) in [5.41, 5.74) is 4.66. The Labute approximate surface area is 207 Å². The van der Waals surface area contributed by atoms with Gasteiger partial charge in [0.25, 0.3) is 11.8 Å². The minimum Gasteiger partial charge on any atom is -0.456 e. The van der Waals surface area contributed by atoms with Crippen LogP contribution >= 0.6 is 0 Å². The van der Waals surface area contributed by atoms with Crippen LogP contribution in [0.3, 0.4) is 0 Å². The highest BCUT2D eigenvalue weighted by Gasteiger charge is 2.40. The third kappa shape index (κ3) is 4.84. The molecule has 0 spiro atoms. The molecule has 1 aromatic heterocycles. The Hall–Kier alpha value is -4.41. The van der Waals surface area contributed by atoms with Crippen LogP contribution in [0.5, 0.6) is 11.5 Å². The molecule has 1 heterocycles. The minimum atomic E-state index is -4.70. The third-order valence-corrected chi connectivity index (χ3v) is 6.04. The van der Waals surface area contributed by atoms with E-state index in [9.17, 15) is 27.2 Å². The van der Waals surface area contributed by atoms with E-state index < -0.39 is 29.4 Å². The Bertz CT molecular complexity index is 1560. The maximum absolute atomic E-state index is 14.0. The van der Waals surface area contributed by atoms with E-state index in [1.807, 2.05) is 0 Å². The molecule has 0 bridgehead atoms. The highest BCUT2D eigenvalue weighted by Crippen LogP contribution is 2.48. The van der Waals surface area contributed by atoms with E-state index in [-0.39, 0.29) is 50.9 Å². The van der Waals surface area contributed by atoms with Crippen molar-refractivity contribution in [2.45, 2.75) is 31.9 Å². The van der Waals surface area contributed by atoms with Gasteiger partial charge in [0.2, 0.25) is 0 Å². The molecule has 37 heavy (non-hydrogen) atoms. The topological polar surface area (TPSA) is 107 Å². The van der Waals surface area contributed by atoms with Crippen LogP contribution in [0.25, 0.3) is 11.0 Å². The molecule has 2 amide bonds. The summed E-state index contributed by atoms with van der Waals surface area (Å²) in [7, 11) is 0. The van der Waals surface area contributed by atoms with Crippen LogP contribution in [-0.2, 0) is 6.18 Å². The fourth-order valence-corrected chi connectivity index (χ4v) is 4.07. The predicted molar refractivity (Wildman–Crippen MR) is 125 cm³/mol. The molecule has 5 rings (SSSR count). The quantitative estimate of drug-likeness (QED) is 0.294. The van der Waals surface area contributed by atoms with Gasteiger partial charge in [-0.2, -0.15) is 13.2 Å². The summed E-state index contributed by atoms with van der Waals surface area (Å²) < 4.78 is 66.3. The van der Waals surface area contributed by atoms with Gasteiger partial charge in [-0.25, -0.2) is 4.39 Å². The standard InChI is InChI=1S/C26H19F4N3O4/c1-12-8-14(27)4-6-20(12)36-22-11-16(13-2-3-13)19(26(28,29)30)10-18(22)25(35)32-15-5-7-21-17(9-15)23(24(31)34)33-37-21/h4-11,13H,2-3H2,1H3,(H2,31,34)(H,32,35). The Morgan fingerprint density at radius 3 is 2.49 bits per heavy atom. The SMILES string of the molecule is Cc1cc(F)ccc1Oc1cc(C2CC2)c(C(F)(F)F)cc1C(=O)Nc1ccc2onc(C(N)=O)c2c1. The van der Waals surface area contributed by atoms with Gasteiger partial charge in [-0.05, 0) is 85.3 Å². The van der Waals surface area contributed by atoms with Gasteiger partial charge in [-0.15, -0.1) is 0 Å². The van der Waals surface area contributed by atoms with Crippen molar-refractivity contribution >= 4 is 28.5 Å². The zero-order chi connectivity index (χ0) is 26.5. The van der Waals surface area contributed by atoms with Crippen molar-refractivity contribution in [2.75, 3.05) is 5.32 Å². The van der Waals surface area contributed by atoms with Crippen molar-refractivity contribution in [1.29, 1.82) is 0 Å². The van der Waals surface area contributed by atoms with Gasteiger partial charge >= 0.3 is 6.18 Å². The second kappa shape index (κ2) is 8.91. The molecule has 3 N–H and O–H groups in total. The van der Waals surface area contributed by atoms with Crippen molar-refractivity contribution in [1.82, 2.24) is 5.16 Å². The number of aryl methyl sites for hydroxylation is 1. The lowest BCUT2D eigenvalue weighted by Crippen LogP contribution is -2.17. The van der Waals surface area contributed by atoms with Crippen LogP contribution in [0, 0.1) is 12.7 Å². The Balaban J connectivity index is 1.58. The van der Waals surface area contributed by atoms with Crippen LogP contribution in [0.15, 0.2) is 53.1 Å². The number of anilines is 1. The van der Waals surface area contributed by atoms with Crippen LogP contribution in [0.1, 0.15) is 56.3 Å². The molecule has 3 aromatic carbocycles. The summed E-state index contributed by atoms with van der Waals surface area (Å²) in [6, 6.07) is 9.94. The molecular formula is C26H19F4N3O4. The maximum Gasteiger partial charge on any atom is 0.416 e. The number of fused-ring (bicyclic) bond motifs is 1. The molecule has 11 heteroatoms. The molecule has 7 nitrogen and oxygen atoms in total. The number of nitrogens with two attached hydrogens (primary N) is 1. The molecule has 1 saturated carbocycles. The number of primary amides is 1. The van der Waals surface area contributed by atoms with E-state index in [4.69, 9.17) is 15.0 Å². The first kappa shape index (κ1) is 24.3. The van der Waals surface area contributed by atoms with Crippen molar-refractivity contribution in [3.8, 4) is 11.5 Å². The largest absolute Gasteiger partial charge is 0.456 e. The van der Waals surface area contributed by atoms with Crippen LogP contribution in [-0.4, -0.2) is 17.0 Å². The first-order chi connectivity index (χ1) is 17.5. The van der Waals surface area contributed by atoms with Gasteiger partial charge in [0, 0.05) is 5.69 Å². The van der Waals surface area contributed by atoms with Crippen molar-refractivity contribution < 1.29 is 36.4 Å². The second-order valence-corrected chi connectivity index (χ2v) is 8.78. The number of benzene rings is 3. The van der Waals surface area contributed by atoms with Crippen molar-refractivity contribution in [3.05, 3.63) is 82.3 Å². The fraction of sp³-hybridized carbons (Fsp3) is 0.192. The summed E-state index contributed by atoms with van der Waals surface area (Å²) >= 11 is 0. The molecule has 1 fully saturated rings. The van der Waals surface area contributed by atoms with Gasteiger partial charge in [0.05, 0.1) is 16.5 Å². The van der Waals surface area contributed by atoms with E-state index in [2.05, 4.69) is 10.5 Å². The number of nitrogens with zero attached hydrogens (tertiary/aromatic N) is 1. The molecule has 0 radical (unpaired) electrons. The highest BCUT2D eigenvalue weighted by atomic mass is 19.4. The first-order valence-electron chi connectivity index (χ1n) is 11.2. The molecule has 0 unspecified atom stereocenters. The molecular weight excluding hydrogens is 494 g/mol. The van der Waals surface area contributed by atoms with Gasteiger partial charge in [-0.3, -0.25) is 9.59 Å². The summed E-state index contributed by atoms with van der Waals surface area (Å²) in [5, 5.41) is 6.34. The number of nitrogens with one attached hydrogen (secondary N) is 1. The summed E-state index contributed by atoms with van der Waals surface area (Å²) in [6.07, 6.45) is -3.52. The van der Waals surface area contributed by atoms with Crippen LogP contribution < -0.4 is 15.8 Å². The highest BCUT2D eigenvalue weighted by molar-refractivity contribution is 6.09. The number of amides is 2. The molecule has 0 atom stereocenters. The fourth-order valence-electron chi connectivity index (χ4n) is 4.07. The summed E-state index contributed by atoms with van der Waals surface area (Å²) in [5.74, 6) is -2.46. The lowest BCUT2D eigenvalue weighted by molar-refractivity contribution is -0.138. The number of aromatic nitrogens is 1. The van der Waals surface area contributed by atoms with E-state index >= 15 is 0 Å². The number of hydrogen-bond acceptors (Lipinski definition) is 5. The Morgan fingerprint density at radius 1 is 1.08 bits per heavy atom. The molecule has 0 saturated heterocycles. The average Bonchev–Trinajstić information content (AvgIpc) is 3.58. The van der Waals surface area contributed by atoms with E-state index in [1.165, 1.54) is 36.4 Å². The van der Waals surface area contributed by atoms with Crippen LogP contribution in [0.4, 0.5) is 23.2 Å². The van der Waals surface area contributed by atoms with Gasteiger partial charge in [-0.1, -0.05) is 5.16 Å². The maximum atomic E-state index is 14.0. The normalized spacial score (nSPS) is 13.5. The zero-order valence-electron chi connectivity index (χ0n) is 19.3. The number of carbonyl (C=O) groups is 2. The summed E-state index contributed by atoms with van der Waals surface area (Å²) in [6.45, 7) is 1.58. The third-order valence-electron chi connectivity index (χ3n) is 6.04. The molecule has 190 valence electrons. The predicted octanol–water partition coefficient (Wildman–Crippen LogP) is 6.32. The van der Waals surface area contributed by atoms with Gasteiger partial charge < -0.3 is 20.3 Å². The Kier molecular flexibility index (Phi) is 5.85. The monoisotopic (exact) mass is 513 g/mol. The number of ether oxygens (including phenoxy) is 1. The molecule has 4 aromatic rings. The smallest absolute Gasteiger partial charge is 0.416 e. The van der Waals surface area contributed by atoms with Crippen molar-refractivity contribution in [3.63, 3.8) is 0 Å². The average molecular weight is 513 g/mol. The lowest BCUT2D eigenvalue weighted by atomic mass is 9.98. The summed E-state index contributed by atoms with van der Waals surface area (Å²) in [4.78, 5) is 24.9.